The van der Waals surface area contributed by atoms with Crippen molar-refractivity contribution in [3.63, 3.8) is 0 Å². The minimum absolute atomic E-state index is 0. The van der Waals surface area contributed by atoms with Crippen molar-refractivity contribution in [1.29, 1.82) is 0 Å². The van der Waals surface area contributed by atoms with Gasteiger partial charge in [-0.15, -0.1) is 24.0 Å². The summed E-state index contributed by atoms with van der Waals surface area (Å²) in [6.07, 6.45) is 1.21. The summed E-state index contributed by atoms with van der Waals surface area (Å²) in [5.41, 5.74) is 2.41. The average molecular weight is 500 g/mol. The number of guanidine groups is 1. The number of hydrogen-bond acceptors (Lipinski definition) is 2. The molecule has 0 aliphatic carbocycles. The number of hydrogen-bond donors (Lipinski definition) is 1. The predicted octanol–water partition coefficient (Wildman–Crippen LogP) is 4.74. The lowest BCUT2D eigenvalue weighted by atomic mass is 9.95. The Hall–Kier alpha value is -1.31. The van der Waals surface area contributed by atoms with Gasteiger partial charge in [0.2, 0.25) is 0 Å². The molecule has 2 aromatic carbocycles. The van der Waals surface area contributed by atoms with Crippen LogP contribution in [-0.4, -0.2) is 38.1 Å². The number of nitrogens with zero attached hydrogens (tertiary/aromatic N) is 2. The van der Waals surface area contributed by atoms with E-state index in [-0.39, 0.29) is 30.1 Å². The number of halogens is 2. The molecular formula is C21H27ClIN3O. The minimum Gasteiger partial charge on any atom is -0.373 e. The fraction of sp³-hybridized carbons (Fsp3) is 0.381. The Bertz CT molecular complexity index is 741. The second-order valence-corrected chi connectivity index (χ2v) is 7.10. The normalized spacial score (nSPS) is 19.4. The van der Waals surface area contributed by atoms with Gasteiger partial charge in [-0.1, -0.05) is 54.1 Å². The molecule has 146 valence electrons. The number of nitrogens with one attached hydrogen (secondary N) is 1. The van der Waals surface area contributed by atoms with Crippen molar-refractivity contribution in [2.24, 2.45) is 10.9 Å². The van der Waals surface area contributed by atoms with E-state index >= 15 is 0 Å². The third kappa shape index (κ3) is 6.09. The quantitative estimate of drug-likeness (QED) is 0.367. The Kier molecular flexibility index (Phi) is 8.86. The highest BCUT2D eigenvalue weighted by Crippen LogP contribution is 2.33. The van der Waals surface area contributed by atoms with Gasteiger partial charge in [-0.25, -0.2) is 0 Å². The van der Waals surface area contributed by atoms with Crippen molar-refractivity contribution in [2.75, 3.05) is 27.2 Å². The van der Waals surface area contributed by atoms with E-state index in [0.29, 0.717) is 5.92 Å². The molecule has 3 rings (SSSR count). The van der Waals surface area contributed by atoms with Crippen LogP contribution >= 0.6 is 35.6 Å². The van der Waals surface area contributed by atoms with Crippen LogP contribution in [0.4, 0.5) is 0 Å². The molecule has 1 heterocycles. The molecule has 1 fully saturated rings. The summed E-state index contributed by atoms with van der Waals surface area (Å²) in [4.78, 5) is 6.53. The third-order valence-corrected chi connectivity index (χ3v) is 4.98. The second-order valence-electron chi connectivity index (χ2n) is 6.66. The van der Waals surface area contributed by atoms with Crippen LogP contribution in [0, 0.1) is 5.92 Å². The molecular weight excluding hydrogens is 473 g/mol. The van der Waals surface area contributed by atoms with E-state index in [9.17, 15) is 0 Å². The highest BCUT2D eigenvalue weighted by atomic mass is 127. The van der Waals surface area contributed by atoms with E-state index in [0.717, 1.165) is 42.7 Å². The molecule has 1 saturated heterocycles. The first kappa shape index (κ1) is 22.0. The Morgan fingerprint density at radius 1 is 1.22 bits per heavy atom. The van der Waals surface area contributed by atoms with Crippen molar-refractivity contribution < 1.29 is 4.74 Å². The molecule has 1 N–H and O–H groups in total. The summed E-state index contributed by atoms with van der Waals surface area (Å²) in [7, 11) is 3.85. The van der Waals surface area contributed by atoms with Gasteiger partial charge in [0.15, 0.2) is 5.96 Å². The molecule has 6 heteroatoms. The van der Waals surface area contributed by atoms with E-state index in [1.54, 1.807) is 0 Å². The zero-order valence-corrected chi connectivity index (χ0v) is 18.9. The Morgan fingerprint density at radius 2 is 2.00 bits per heavy atom. The van der Waals surface area contributed by atoms with Crippen molar-refractivity contribution >= 4 is 41.5 Å². The smallest absolute Gasteiger partial charge is 0.193 e. The molecule has 0 spiro atoms. The maximum absolute atomic E-state index is 6.08. The average Bonchev–Trinajstić information content (AvgIpc) is 3.11. The largest absolute Gasteiger partial charge is 0.373 e. The molecule has 4 nitrogen and oxygen atoms in total. The van der Waals surface area contributed by atoms with E-state index in [4.69, 9.17) is 16.3 Å². The van der Waals surface area contributed by atoms with Crippen molar-refractivity contribution in [1.82, 2.24) is 10.2 Å². The number of benzene rings is 2. The van der Waals surface area contributed by atoms with Crippen molar-refractivity contribution in [2.45, 2.75) is 19.1 Å². The summed E-state index contributed by atoms with van der Waals surface area (Å²) in [6.45, 7) is 2.40. The molecule has 0 amide bonds. The van der Waals surface area contributed by atoms with Crippen LogP contribution in [0.25, 0.3) is 0 Å². The van der Waals surface area contributed by atoms with Crippen molar-refractivity contribution in [3.8, 4) is 0 Å². The molecule has 0 aromatic heterocycles. The lowest BCUT2D eigenvalue weighted by Gasteiger charge is -2.25. The summed E-state index contributed by atoms with van der Waals surface area (Å²) in [5.74, 6) is 1.32. The molecule has 0 bridgehead atoms. The fourth-order valence-electron chi connectivity index (χ4n) is 3.45. The minimum atomic E-state index is 0. The molecule has 1 aliphatic heterocycles. The van der Waals surface area contributed by atoms with Gasteiger partial charge < -0.3 is 15.0 Å². The maximum Gasteiger partial charge on any atom is 0.193 e. The SMILES string of the molecule is CN=C(NCC1CCOC1c1ccccc1)N(C)Cc1cccc(Cl)c1.I. The van der Waals surface area contributed by atoms with Gasteiger partial charge in [0.1, 0.15) is 0 Å². The van der Waals surface area contributed by atoms with Gasteiger partial charge in [-0.2, -0.15) is 0 Å². The highest BCUT2D eigenvalue weighted by Gasteiger charge is 2.29. The summed E-state index contributed by atoms with van der Waals surface area (Å²) in [6, 6.07) is 18.4. The molecule has 0 saturated carbocycles. The van der Waals surface area contributed by atoms with E-state index in [1.807, 2.05) is 38.4 Å². The number of rotatable bonds is 5. The molecule has 27 heavy (non-hydrogen) atoms. The second kappa shape index (κ2) is 10.9. The standard InChI is InChI=1S/C21H26ClN3O.HI/c1-23-21(25(2)15-16-7-6-10-19(22)13-16)24-14-18-11-12-26-20(18)17-8-4-3-5-9-17;/h3-10,13,18,20H,11-12,14-15H2,1-2H3,(H,23,24);1H. The van der Waals surface area contributed by atoms with Gasteiger partial charge in [0.25, 0.3) is 0 Å². The molecule has 2 unspecified atom stereocenters. The maximum atomic E-state index is 6.08. The molecule has 1 aliphatic rings. The van der Waals surface area contributed by atoms with Crippen LogP contribution in [0.15, 0.2) is 59.6 Å². The van der Waals surface area contributed by atoms with Crippen LogP contribution in [0.2, 0.25) is 5.02 Å². The predicted molar refractivity (Wildman–Crippen MR) is 123 cm³/mol. The monoisotopic (exact) mass is 499 g/mol. The number of ether oxygens (including phenoxy) is 1. The van der Waals surface area contributed by atoms with Crippen LogP contribution in [0.1, 0.15) is 23.7 Å². The van der Waals surface area contributed by atoms with Crippen LogP contribution < -0.4 is 5.32 Å². The van der Waals surface area contributed by atoms with Crippen LogP contribution in [-0.2, 0) is 11.3 Å². The summed E-state index contributed by atoms with van der Waals surface area (Å²) < 4.78 is 5.98. The van der Waals surface area contributed by atoms with Gasteiger partial charge in [0.05, 0.1) is 6.10 Å². The molecule has 2 atom stereocenters. The van der Waals surface area contributed by atoms with Crippen molar-refractivity contribution in [3.05, 3.63) is 70.7 Å². The van der Waals surface area contributed by atoms with Gasteiger partial charge >= 0.3 is 0 Å². The van der Waals surface area contributed by atoms with Crippen LogP contribution in [0.5, 0.6) is 0 Å². The van der Waals surface area contributed by atoms with Gasteiger partial charge in [-0.05, 0) is 29.7 Å². The Morgan fingerprint density at radius 3 is 2.70 bits per heavy atom. The first-order valence-corrected chi connectivity index (χ1v) is 9.38. The molecule has 0 radical (unpaired) electrons. The summed E-state index contributed by atoms with van der Waals surface area (Å²) >= 11 is 6.08. The van der Waals surface area contributed by atoms with Gasteiger partial charge in [-0.3, -0.25) is 4.99 Å². The zero-order chi connectivity index (χ0) is 18.4. The number of aliphatic imine (C=N–C) groups is 1. The van der Waals surface area contributed by atoms with E-state index in [2.05, 4.69) is 45.5 Å². The third-order valence-electron chi connectivity index (χ3n) is 4.75. The lowest BCUT2D eigenvalue weighted by molar-refractivity contribution is 0.0914. The zero-order valence-electron chi connectivity index (χ0n) is 15.8. The van der Waals surface area contributed by atoms with Crippen LogP contribution in [0.3, 0.4) is 0 Å². The van der Waals surface area contributed by atoms with Gasteiger partial charge in [0, 0.05) is 44.7 Å². The topological polar surface area (TPSA) is 36.9 Å². The van der Waals surface area contributed by atoms with E-state index in [1.165, 1.54) is 5.56 Å². The Balaban J connectivity index is 0.00000261. The first-order valence-electron chi connectivity index (χ1n) is 9.00. The molecule has 2 aromatic rings. The Labute approximate surface area is 184 Å². The highest BCUT2D eigenvalue weighted by molar-refractivity contribution is 14.0. The summed E-state index contributed by atoms with van der Waals surface area (Å²) in [5, 5.41) is 4.27. The first-order chi connectivity index (χ1) is 12.7. The van der Waals surface area contributed by atoms with E-state index < -0.39 is 0 Å². The lowest BCUT2D eigenvalue weighted by Crippen LogP contribution is -2.41. The fourth-order valence-corrected chi connectivity index (χ4v) is 3.66.